The summed E-state index contributed by atoms with van der Waals surface area (Å²) in [6.45, 7) is 6.86. The molecule has 0 radical (unpaired) electrons. The number of ether oxygens (including phenoxy) is 3. The van der Waals surface area contributed by atoms with E-state index in [0.29, 0.717) is 35.6 Å². The molecular formula is C21H28ClNO4. The number of benzene rings is 1. The van der Waals surface area contributed by atoms with Crippen molar-refractivity contribution in [1.29, 1.82) is 0 Å². The summed E-state index contributed by atoms with van der Waals surface area (Å²) in [5.41, 5.74) is 0.998. The van der Waals surface area contributed by atoms with Gasteiger partial charge in [-0.3, -0.25) is 9.69 Å². The van der Waals surface area contributed by atoms with Gasteiger partial charge in [0.25, 0.3) is 0 Å². The van der Waals surface area contributed by atoms with Crippen LogP contribution in [0.3, 0.4) is 0 Å². The van der Waals surface area contributed by atoms with E-state index in [1.54, 1.807) is 14.2 Å². The lowest BCUT2D eigenvalue weighted by Gasteiger charge is -2.32. The van der Waals surface area contributed by atoms with Gasteiger partial charge in [-0.25, -0.2) is 0 Å². The molecule has 1 aliphatic carbocycles. The highest BCUT2D eigenvalue weighted by molar-refractivity contribution is 6.33. The van der Waals surface area contributed by atoms with Crippen LogP contribution in [-0.4, -0.2) is 44.8 Å². The molecule has 0 N–H and O–H groups in total. The predicted octanol–water partition coefficient (Wildman–Crippen LogP) is 3.79. The Labute approximate surface area is 166 Å². The van der Waals surface area contributed by atoms with Gasteiger partial charge in [-0.2, -0.15) is 0 Å². The number of fused-ring (bicyclic) bond motifs is 1. The molecule has 2 aliphatic rings. The molecule has 0 unspecified atom stereocenters. The van der Waals surface area contributed by atoms with Crippen molar-refractivity contribution in [2.45, 2.75) is 20.4 Å². The maximum Gasteiger partial charge on any atom is 0.309 e. The molecule has 0 aromatic heterocycles. The molecule has 1 saturated heterocycles. The van der Waals surface area contributed by atoms with Crippen molar-refractivity contribution >= 4 is 17.6 Å². The van der Waals surface area contributed by atoms with Crippen molar-refractivity contribution in [3.8, 4) is 11.5 Å². The number of hydrogen-bond donors (Lipinski definition) is 0. The van der Waals surface area contributed by atoms with Crippen LogP contribution in [0.15, 0.2) is 24.3 Å². The number of esters is 1. The second-order valence-electron chi connectivity index (χ2n) is 7.32. The molecule has 3 rings (SSSR count). The lowest BCUT2D eigenvalue weighted by molar-refractivity contribution is -0.152. The van der Waals surface area contributed by atoms with Crippen molar-refractivity contribution < 1.29 is 19.0 Å². The van der Waals surface area contributed by atoms with Gasteiger partial charge in [-0.15, -0.1) is 0 Å². The fraction of sp³-hybridized carbons (Fsp3) is 0.571. The van der Waals surface area contributed by atoms with Crippen LogP contribution in [0.4, 0.5) is 0 Å². The quantitative estimate of drug-likeness (QED) is 0.543. The average molecular weight is 394 g/mol. The Kier molecular flexibility index (Phi) is 6.33. The topological polar surface area (TPSA) is 48.0 Å². The van der Waals surface area contributed by atoms with E-state index in [1.807, 2.05) is 19.1 Å². The van der Waals surface area contributed by atoms with Crippen molar-refractivity contribution in [3.63, 3.8) is 0 Å². The highest BCUT2D eigenvalue weighted by Crippen LogP contribution is 2.42. The van der Waals surface area contributed by atoms with E-state index in [1.165, 1.54) is 0 Å². The number of nitrogens with zero attached hydrogens (tertiary/aromatic N) is 1. The Bertz CT molecular complexity index is 720. The minimum Gasteiger partial charge on any atom is -0.493 e. The first-order chi connectivity index (χ1) is 13.0. The maximum absolute atomic E-state index is 12.5. The Morgan fingerprint density at radius 1 is 1.22 bits per heavy atom. The number of carbonyl (C=O) groups excluding carboxylic acids is 1. The second-order valence-corrected chi connectivity index (χ2v) is 7.70. The van der Waals surface area contributed by atoms with E-state index < -0.39 is 0 Å². The molecule has 0 amide bonds. The van der Waals surface area contributed by atoms with Gasteiger partial charge in [0.2, 0.25) is 0 Å². The third-order valence-electron chi connectivity index (χ3n) is 5.70. The normalized spacial score (nSPS) is 27.3. The van der Waals surface area contributed by atoms with Crippen LogP contribution >= 0.6 is 11.6 Å². The van der Waals surface area contributed by atoms with Crippen LogP contribution in [0, 0.1) is 23.7 Å². The van der Waals surface area contributed by atoms with Crippen LogP contribution in [0.25, 0.3) is 0 Å². The van der Waals surface area contributed by atoms with E-state index in [2.05, 4.69) is 24.0 Å². The molecule has 148 valence electrons. The van der Waals surface area contributed by atoms with E-state index >= 15 is 0 Å². The molecule has 0 spiro atoms. The zero-order valence-electron chi connectivity index (χ0n) is 16.4. The summed E-state index contributed by atoms with van der Waals surface area (Å²) in [7, 11) is 3.19. The number of carbonyl (C=O) groups is 1. The van der Waals surface area contributed by atoms with Crippen molar-refractivity contribution in [2.75, 3.05) is 33.9 Å². The summed E-state index contributed by atoms with van der Waals surface area (Å²) < 4.78 is 16.1. The molecule has 1 heterocycles. The molecule has 4 atom stereocenters. The highest BCUT2D eigenvalue weighted by atomic mass is 35.5. The lowest BCUT2D eigenvalue weighted by atomic mass is 9.72. The lowest BCUT2D eigenvalue weighted by Crippen LogP contribution is -2.37. The molecule has 1 aliphatic heterocycles. The first kappa shape index (κ1) is 20.0. The van der Waals surface area contributed by atoms with Gasteiger partial charge in [0.1, 0.15) is 0 Å². The third kappa shape index (κ3) is 3.94. The monoisotopic (exact) mass is 393 g/mol. The summed E-state index contributed by atoms with van der Waals surface area (Å²) in [6.07, 6.45) is 4.43. The van der Waals surface area contributed by atoms with Gasteiger partial charge in [0.15, 0.2) is 11.5 Å². The zero-order valence-corrected chi connectivity index (χ0v) is 17.2. The third-order valence-corrected chi connectivity index (χ3v) is 6.11. The Morgan fingerprint density at radius 3 is 2.67 bits per heavy atom. The highest BCUT2D eigenvalue weighted by Gasteiger charge is 2.44. The Hall–Kier alpha value is -1.72. The van der Waals surface area contributed by atoms with Gasteiger partial charge in [0, 0.05) is 19.6 Å². The summed E-state index contributed by atoms with van der Waals surface area (Å²) >= 11 is 6.55. The van der Waals surface area contributed by atoms with Gasteiger partial charge in [-0.05, 0) is 36.3 Å². The van der Waals surface area contributed by atoms with Gasteiger partial charge in [-0.1, -0.05) is 36.7 Å². The van der Waals surface area contributed by atoms with Gasteiger partial charge in [0.05, 0.1) is 31.8 Å². The summed E-state index contributed by atoms with van der Waals surface area (Å²) in [6, 6.07) is 3.86. The SMILES string of the molecule is CCOC(=O)[C@@H]1[C@H]2CN(Cc3ccc(OC)c(OC)c3Cl)C[C@@H]2C=C[C@@H]1C. The zero-order chi connectivity index (χ0) is 19.6. The molecule has 5 nitrogen and oxygen atoms in total. The number of halogens is 1. The van der Waals surface area contributed by atoms with Crippen LogP contribution < -0.4 is 9.47 Å². The minimum atomic E-state index is -0.0779. The van der Waals surface area contributed by atoms with Crippen LogP contribution in [0.2, 0.25) is 5.02 Å². The first-order valence-electron chi connectivity index (χ1n) is 9.46. The standard InChI is InChI=1S/C21H28ClNO4/c1-5-27-21(24)18-13(2)6-7-14-10-23(12-16(14)18)11-15-8-9-17(25-3)20(26-4)19(15)22/h6-9,13-14,16,18H,5,10-12H2,1-4H3/t13-,14-,16-,18-/m0/s1. The average Bonchev–Trinajstić information content (AvgIpc) is 3.05. The molecule has 1 aromatic carbocycles. The van der Waals surface area contributed by atoms with Crippen LogP contribution in [0.1, 0.15) is 19.4 Å². The minimum absolute atomic E-state index is 0.0738. The summed E-state index contributed by atoms with van der Waals surface area (Å²) in [5.74, 6) is 1.89. The van der Waals surface area contributed by atoms with Gasteiger partial charge < -0.3 is 14.2 Å². The molecule has 0 saturated carbocycles. The second kappa shape index (κ2) is 8.53. The van der Waals surface area contributed by atoms with Crippen LogP contribution in [-0.2, 0) is 16.1 Å². The fourth-order valence-corrected chi connectivity index (χ4v) is 4.70. The van der Waals surface area contributed by atoms with Crippen molar-refractivity contribution in [2.24, 2.45) is 23.7 Å². The molecule has 1 fully saturated rings. The molecule has 1 aromatic rings. The predicted molar refractivity (Wildman–Crippen MR) is 105 cm³/mol. The first-order valence-corrected chi connectivity index (χ1v) is 9.84. The number of hydrogen-bond acceptors (Lipinski definition) is 5. The molecule has 6 heteroatoms. The Balaban J connectivity index is 1.76. The van der Waals surface area contributed by atoms with Crippen molar-refractivity contribution in [1.82, 2.24) is 4.90 Å². The summed E-state index contributed by atoms with van der Waals surface area (Å²) in [5, 5.41) is 0.581. The van der Waals surface area contributed by atoms with E-state index in [4.69, 9.17) is 25.8 Å². The fourth-order valence-electron chi connectivity index (χ4n) is 4.40. The Morgan fingerprint density at radius 2 is 2.00 bits per heavy atom. The number of allylic oxidation sites excluding steroid dienone is 1. The molecule has 27 heavy (non-hydrogen) atoms. The van der Waals surface area contributed by atoms with Gasteiger partial charge >= 0.3 is 5.97 Å². The smallest absolute Gasteiger partial charge is 0.309 e. The van der Waals surface area contributed by atoms with Crippen molar-refractivity contribution in [3.05, 3.63) is 34.9 Å². The number of likely N-dealkylation sites (tertiary alicyclic amines) is 1. The number of methoxy groups -OCH3 is 2. The van der Waals surface area contributed by atoms with E-state index in [-0.39, 0.29) is 23.7 Å². The molecule has 0 bridgehead atoms. The van der Waals surface area contributed by atoms with Crippen LogP contribution in [0.5, 0.6) is 11.5 Å². The van der Waals surface area contributed by atoms with E-state index in [0.717, 1.165) is 18.7 Å². The molecular weight excluding hydrogens is 366 g/mol. The maximum atomic E-state index is 12.5. The number of rotatable bonds is 6. The summed E-state index contributed by atoms with van der Waals surface area (Å²) in [4.78, 5) is 14.9. The van der Waals surface area contributed by atoms with E-state index in [9.17, 15) is 4.79 Å². The largest absolute Gasteiger partial charge is 0.493 e.